The molecule has 1 aliphatic rings. The first kappa shape index (κ1) is 21.9. The van der Waals surface area contributed by atoms with Crippen molar-refractivity contribution in [2.24, 2.45) is 0 Å². The molecule has 4 aromatic rings. The molecule has 1 N–H and O–H groups in total. The fourth-order valence-electron chi connectivity index (χ4n) is 4.24. The number of rotatable bonds is 5. The van der Waals surface area contributed by atoms with E-state index in [9.17, 15) is 9.59 Å². The van der Waals surface area contributed by atoms with Crippen molar-refractivity contribution in [3.8, 4) is 0 Å². The average molecular weight is 467 g/mol. The topological polar surface area (TPSA) is 49.4 Å². The van der Waals surface area contributed by atoms with Crippen LogP contribution < -0.4 is 10.2 Å². The molecule has 2 amide bonds. The van der Waals surface area contributed by atoms with Crippen LogP contribution in [0.1, 0.15) is 30.9 Å². The molecule has 0 saturated carbocycles. The van der Waals surface area contributed by atoms with Crippen LogP contribution >= 0.6 is 11.6 Å². The Labute approximate surface area is 203 Å². The summed E-state index contributed by atoms with van der Waals surface area (Å²) in [5, 5.41) is 5.86. The first-order chi connectivity index (χ1) is 16.4. The van der Waals surface area contributed by atoms with Crippen LogP contribution in [0.5, 0.6) is 0 Å². The van der Waals surface area contributed by atoms with Crippen LogP contribution in [0.4, 0.5) is 11.4 Å². The van der Waals surface area contributed by atoms with Crippen molar-refractivity contribution in [2.75, 3.05) is 10.2 Å². The molecule has 4 aromatic carbocycles. The zero-order chi connectivity index (χ0) is 23.8. The smallest absolute Gasteiger partial charge is 0.282 e. The van der Waals surface area contributed by atoms with Crippen molar-refractivity contribution in [2.45, 2.75) is 19.8 Å². The van der Waals surface area contributed by atoms with Gasteiger partial charge in [-0.3, -0.25) is 9.59 Å². The molecule has 5 heteroatoms. The summed E-state index contributed by atoms with van der Waals surface area (Å²) in [6, 6.07) is 28.3. The highest BCUT2D eigenvalue weighted by atomic mass is 35.5. The van der Waals surface area contributed by atoms with Crippen molar-refractivity contribution in [1.82, 2.24) is 0 Å². The Bertz CT molecular complexity index is 1430. The molecular weight excluding hydrogens is 444 g/mol. The molecule has 1 aliphatic heterocycles. The zero-order valence-electron chi connectivity index (χ0n) is 18.9. The van der Waals surface area contributed by atoms with E-state index in [1.54, 1.807) is 24.3 Å². The number of halogens is 1. The van der Waals surface area contributed by atoms with Crippen LogP contribution in [0.3, 0.4) is 0 Å². The van der Waals surface area contributed by atoms with E-state index >= 15 is 0 Å². The third-order valence-corrected chi connectivity index (χ3v) is 6.34. The monoisotopic (exact) mass is 466 g/mol. The zero-order valence-corrected chi connectivity index (χ0v) is 19.6. The van der Waals surface area contributed by atoms with Gasteiger partial charge in [0.25, 0.3) is 11.8 Å². The van der Waals surface area contributed by atoms with Crippen molar-refractivity contribution in [3.63, 3.8) is 0 Å². The Hall–Kier alpha value is -3.89. The standard InChI is InChI=1S/C29H23ClN2O2/c1-18(2)19-12-16-23(17-13-19)32-28(33)26(21-10-14-22(30)15-11-21)27(29(32)34)31-25-9-5-7-20-6-3-4-8-24(20)25/h3-18,31H,1-2H3. The lowest BCUT2D eigenvalue weighted by Gasteiger charge is -2.17. The molecule has 5 rings (SSSR count). The van der Waals surface area contributed by atoms with E-state index in [0.717, 1.165) is 22.0 Å². The second-order valence-electron chi connectivity index (χ2n) is 8.60. The van der Waals surface area contributed by atoms with Crippen molar-refractivity contribution >= 4 is 51.1 Å². The van der Waals surface area contributed by atoms with E-state index in [0.29, 0.717) is 27.8 Å². The molecule has 34 heavy (non-hydrogen) atoms. The Morgan fingerprint density at radius 3 is 2.15 bits per heavy atom. The Morgan fingerprint density at radius 2 is 1.44 bits per heavy atom. The highest BCUT2D eigenvalue weighted by Crippen LogP contribution is 2.36. The Morgan fingerprint density at radius 1 is 0.765 bits per heavy atom. The van der Waals surface area contributed by atoms with E-state index < -0.39 is 0 Å². The van der Waals surface area contributed by atoms with E-state index in [-0.39, 0.29) is 17.5 Å². The Balaban J connectivity index is 1.62. The van der Waals surface area contributed by atoms with Gasteiger partial charge in [-0.2, -0.15) is 0 Å². The van der Waals surface area contributed by atoms with Gasteiger partial charge in [0.05, 0.1) is 11.3 Å². The van der Waals surface area contributed by atoms with Crippen molar-refractivity contribution in [3.05, 3.63) is 113 Å². The van der Waals surface area contributed by atoms with E-state index in [1.807, 2.05) is 66.7 Å². The second-order valence-corrected chi connectivity index (χ2v) is 9.04. The first-order valence-electron chi connectivity index (χ1n) is 11.2. The predicted molar refractivity (Wildman–Crippen MR) is 139 cm³/mol. The van der Waals surface area contributed by atoms with E-state index in [4.69, 9.17) is 11.6 Å². The van der Waals surface area contributed by atoms with Crippen LogP contribution in [0.25, 0.3) is 16.3 Å². The molecule has 0 aromatic heterocycles. The number of imide groups is 1. The number of nitrogens with one attached hydrogen (secondary N) is 1. The van der Waals surface area contributed by atoms with Crippen LogP contribution in [0, 0.1) is 0 Å². The average Bonchev–Trinajstić information content (AvgIpc) is 3.09. The second kappa shape index (κ2) is 8.81. The number of fused-ring (bicyclic) bond motifs is 1. The highest BCUT2D eigenvalue weighted by molar-refractivity contribution is 6.46. The number of carbonyl (C=O) groups is 2. The van der Waals surface area contributed by atoms with E-state index in [1.165, 1.54) is 4.90 Å². The van der Waals surface area contributed by atoms with Crippen molar-refractivity contribution in [1.29, 1.82) is 0 Å². The highest BCUT2D eigenvalue weighted by Gasteiger charge is 2.40. The molecule has 0 unspecified atom stereocenters. The van der Waals surface area contributed by atoms with Crippen LogP contribution in [0.2, 0.25) is 5.02 Å². The maximum atomic E-state index is 13.7. The number of amides is 2. The van der Waals surface area contributed by atoms with Gasteiger partial charge in [-0.15, -0.1) is 0 Å². The van der Waals surface area contributed by atoms with Crippen LogP contribution in [-0.2, 0) is 9.59 Å². The molecule has 0 fully saturated rings. The number of benzene rings is 4. The molecular formula is C29H23ClN2O2. The maximum Gasteiger partial charge on any atom is 0.282 e. The quantitative estimate of drug-likeness (QED) is 0.322. The fraction of sp³-hybridized carbons (Fsp3) is 0.103. The van der Waals surface area contributed by atoms with Gasteiger partial charge in [0.2, 0.25) is 0 Å². The van der Waals surface area contributed by atoms with Gasteiger partial charge in [0, 0.05) is 16.1 Å². The van der Waals surface area contributed by atoms with Crippen LogP contribution in [0.15, 0.2) is 96.7 Å². The number of anilines is 2. The predicted octanol–water partition coefficient (Wildman–Crippen LogP) is 7.01. The van der Waals surface area contributed by atoms with Gasteiger partial charge >= 0.3 is 0 Å². The fourth-order valence-corrected chi connectivity index (χ4v) is 4.37. The molecule has 0 spiro atoms. The normalized spacial score (nSPS) is 13.9. The summed E-state index contributed by atoms with van der Waals surface area (Å²) in [6.07, 6.45) is 0. The molecule has 0 bridgehead atoms. The summed E-state index contributed by atoms with van der Waals surface area (Å²) in [6.45, 7) is 4.21. The third-order valence-electron chi connectivity index (χ3n) is 6.08. The lowest BCUT2D eigenvalue weighted by Crippen LogP contribution is -2.32. The minimum Gasteiger partial charge on any atom is -0.350 e. The molecule has 1 heterocycles. The van der Waals surface area contributed by atoms with Gasteiger partial charge in [-0.05, 0) is 52.8 Å². The number of hydrogen-bond donors (Lipinski definition) is 1. The third kappa shape index (κ3) is 3.87. The summed E-state index contributed by atoms with van der Waals surface area (Å²) in [4.78, 5) is 28.6. The van der Waals surface area contributed by atoms with Gasteiger partial charge in [0.15, 0.2) is 0 Å². The SMILES string of the molecule is CC(C)c1ccc(N2C(=O)C(Nc3cccc4ccccc34)=C(c3ccc(Cl)cc3)C2=O)cc1. The van der Waals surface area contributed by atoms with Gasteiger partial charge in [0.1, 0.15) is 5.70 Å². The minimum atomic E-state index is -0.389. The number of carbonyl (C=O) groups excluding carboxylic acids is 2. The molecule has 0 aliphatic carbocycles. The maximum absolute atomic E-state index is 13.7. The molecule has 0 saturated heterocycles. The van der Waals surface area contributed by atoms with Crippen molar-refractivity contribution < 1.29 is 9.59 Å². The molecule has 0 atom stereocenters. The van der Waals surface area contributed by atoms with Crippen LogP contribution in [-0.4, -0.2) is 11.8 Å². The van der Waals surface area contributed by atoms with Gasteiger partial charge in [-0.25, -0.2) is 4.90 Å². The van der Waals surface area contributed by atoms with Gasteiger partial charge < -0.3 is 5.32 Å². The largest absolute Gasteiger partial charge is 0.350 e. The molecule has 4 nitrogen and oxygen atoms in total. The minimum absolute atomic E-state index is 0.247. The summed E-state index contributed by atoms with van der Waals surface area (Å²) >= 11 is 6.09. The molecule has 168 valence electrons. The number of hydrogen-bond acceptors (Lipinski definition) is 3. The summed E-state index contributed by atoms with van der Waals surface area (Å²) < 4.78 is 0. The summed E-state index contributed by atoms with van der Waals surface area (Å²) in [5.74, 6) is -0.405. The lowest BCUT2D eigenvalue weighted by atomic mass is 10.0. The van der Waals surface area contributed by atoms with E-state index in [2.05, 4.69) is 19.2 Å². The summed E-state index contributed by atoms with van der Waals surface area (Å²) in [7, 11) is 0. The molecule has 0 radical (unpaired) electrons. The first-order valence-corrected chi connectivity index (χ1v) is 11.6. The van der Waals surface area contributed by atoms with Gasteiger partial charge in [-0.1, -0.05) is 86.1 Å². The summed E-state index contributed by atoms with van der Waals surface area (Å²) in [5.41, 5.74) is 3.65. The Kier molecular flexibility index (Phi) is 5.68. The number of nitrogens with zero attached hydrogens (tertiary/aromatic N) is 1. The lowest BCUT2D eigenvalue weighted by molar-refractivity contribution is -0.120.